The first kappa shape index (κ1) is 21.2. The van der Waals surface area contributed by atoms with Gasteiger partial charge in [-0.1, -0.05) is 20.3 Å². The molecule has 3 aliphatic heterocycles. The van der Waals surface area contributed by atoms with Gasteiger partial charge in [0.25, 0.3) is 0 Å². The second-order valence-electron chi connectivity index (χ2n) is 8.60. The average Bonchev–Trinajstić information content (AvgIpc) is 2.97. The van der Waals surface area contributed by atoms with Crippen LogP contribution in [0.15, 0.2) is 0 Å². The Labute approximate surface area is 163 Å². The molecule has 4 fully saturated rings. The molecule has 0 bridgehead atoms. The van der Waals surface area contributed by atoms with E-state index in [0.29, 0.717) is 6.04 Å². The molecule has 0 aromatic heterocycles. The first-order valence-electron chi connectivity index (χ1n) is 9.42. The molecule has 3 N–H and O–H groups in total. The number of carbonyl (C=O) groups is 1. The third kappa shape index (κ3) is 3.00. The molecule has 0 spiro atoms. The molecule has 25 heavy (non-hydrogen) atoms. The Morgan fingerprint density at radius 2 is 1.88 bits per heavy atom. The minimum absolute atomic E-state index is 0. The van der Waals surface area contributed by atoms with Crippen LogP contribution < -0.4 is 11.1 Å². The maximum absolute atomic E-state index is 13.1. The van der Waals surface area contributed by atoms with Crippen molar-refractivity contribution in [2.45, 2.75) is 76.1 Å². The molecule has 0 radical (unpaired) electrons. The third-order valence-electron chi connectivity index (χ3n) is 7.23. The Morgan fingerprint density at radius 3 is 2.64 bits per heavy atom. The lowest BCUT2D eigenvalue weighted by Crippen LogP contribution is -2.82. The number of nitrogens with two attached hydrogens (primary N) is 1. The zero-order valence-corrected chi connectivity index (χ0v) is 17.0. The van der Waals surface area contributed by atoms with E-state index < -0.39 is 5.54 Å². The number of nitrogens with one attached hydrogen (secondary N) is 1. The Morgan fingerprint density at radius 1 is 1.12 bits per heavy atom. The lowest BCUT2D eigenvalue weighted by molar-refractivity contribution is -0.225. The van der Waals surface area contributed by atoms with Crippen molar-refractivity contribution in [1.82, 2.24) is 10.2 Å². The van der Waals surface area contributed by atoms with Crippen molar-refractivity contribution in [2.75, 3.05) is 19.7 Å². The highest BCUT2D eigenvalue weighted by Crippen LogP contribution is 2.57. The summed E-state index contributed by atoms with van der Waals surface area (Å²) in [5, 5.41) is 3.35. The van der Waals surface area contributed by atoms with Gasteiger partial charge in [-0.2, -0.15) is 0 Å². The molecular formula is C18H33Cl2N3O2. The van der Waals surface area contributed by atoms with Crippen molar-refractivity contribution in [3.05, 3.63) is 0 Å². The second-order valence-corrected chi connectivity index (χ2v) is 8.60. The van der Waals surface area contributed by atoms with Crippen LogP contribution in [0.5, 0.6) is 0 Å². The first-order valence-corrected chi connectivity index (χ1v) is 9.42. The molecule has 3 heterocycles. The number of ether oxygens (including phenoxy) is 1. The maximum Gasteiger partial charge on any atom is 0.241 e. The monoisotopic (exact) mass is 393 g/mol. The number of halogens is 2. The van der Waals surface area contributed by atoms with Crippen LogP contribution in [-0.2, 0) is 9.53 Å². The summed E-state index contributed by atoms with van der Waals surface area (Å²) in [6.07, 6.45) is 7.03. The highest BCUT2D eigenvalue weighted by molar-refractivity contribution is 5.89. The van der Waals surface area contributed by atoms with Gasteiger partial charge in [0.2, 0.25) is 5.91 Å². The van der Waals surface area contributed by atoms with Gasteiger partial charge in [-0.25, -0.2) is 0 Å². The van der Waals surface area contributed by atoms with E-state index in [4.69, 9.17) is 10.5 Å². The lowest BCUT2D eigenvalue weighted by atomic mass is 9.46. The first-order chi connectivity index (χ1) is 11.0. The molecule has 1 aliphatic carbocycles. The molecule has 1 amide bonds. The minimum Gasteiger partial charge on any atom is -0.377 e. The molecule has 0 aromatic rings. The molecule has 5 atom stereocenters. The molecule has 4 rings (SSSR count). The number of fused-ring (bicyclic) bond motifs is 2. The number of piperidine rings is 1. The summed E-state index contributed by atoms with van der Waals surface area (Å²) >= 11 is 0. The third-order valence-corrected chi connectivity index (χ3v) is 7.23. The van der Waals surface area contributed by atoms with Crippen LogP contribution in [0.3, 0.4) is 0 Å². The van der Waals surface area contributed by atoms with E-state index in [1.165, 1.54) is 25.8 Å². The number of hydrogen-bond donors (Lipinski definition) is 2. The van der Waals surface area contributed by atoms with Gasteiger partial charge >= 0.3 is 0 Å². The fourth-order valence-corrected chi connectivity index (χ4v) is 5.74. The summed E-state index contributed by atoms with van der Waals surface area (Å²) in [5.74, 6) is 0.238. The molecule has 146 valence electrons. The largest absolute Gasteiger partial charge is 0.377 e. The van der Waals surface area contributed by atoms with Gasteiger partial charge in [-0.05, 0) is 38.6 Å². The van der Waals surface area contributed by atoms with Crippen molar-refractivity contribution >= 4 is 30.7 Å². The SMILES string of the molecule is CC1(C)C2OCCCC2C1(N)C(=O)NC1CCN2CCCCC12.Cl.Cl. The standard InChI is InChI=1S/C18H31N3O2.2ClH/c1-17(2)15-12(6-5-11-23-15)18(17,19)16(22)20-13-8-10-21-9-4-3-7-14(13)21;;/h12-15H,3-11,19H2,1-2H3,(H,20,22);2*1H. The molecule has 7 heteroatoms. The van der Waals surface area contributed by atoms with E-state index in [2.05, 4.69) is 24.1 Å². The molecule has 3 saturated heterocycles. The second kappa shape index (κ2) is 7.51. The summed E-state index contributed by atoms with van der Waals surface area (Å²) in [4.78, 5) is 15.7. The van der Waals surface area contributed by atoms with E-state index >= 15 is 0 Å². The van der Waals surface area contributed by atoms with Crippen LogP contribution in [0, 0.1) is 11.3 Å². The predicted molar refractivity (Wildman–Crippen MR) is 103 cm³/mol. The Kier molecular flexibility index (Phi) is 6.38. The normalized spacial score (nSPS) is 42.0. The topological polar surface area (TPSA) is 67.6 Å². The maximum atomic E-state index is 13.1. The summed E-state index contributed by atoms with van der Waals surface area (Å²) in [7, 11) is 0. The summed E-state index contributed by atoms with van der Waals surface area (Å²) in [5.41, 5.74) is 5.66. The van der Waals surface area contributed by atoms with Crippen LogP contribution in [0.4, 0.5) is 0 Å². The zero-order valence-electron chi connectivity index (χ0n) is 15.3. The molecular weight excluding hydrogens is 361 g/mol. The fraction of sp³-hybridized carbons (Fsp3) is 0.944. The molecule has 4 aliphatic rings. The van der Waals surface area contributed by atoms with E-state index in [1.807, 2.05) is 0 Å². The average molecular weight is 394 g/mol. The fourth-order valence-electron chi connectivity index (χ4n) is 5.74. The molecule has 0 aromatic carbocycles. The number of nitrogens with zero attached hydrogens (tertiary/aromatic N) is 1. The number of hydrogen-bond acceptors (Lipinski definition) is 4. The van der Waals surface area contributed by atoms with Gasteiger partial charge in [-0.15, -0.1) is 24.8 Å². The lowest BCUT2D eigenvalue weighted by Gasteiger charge is -2.65. The van der Waals surface area contributed by atoms with Crippen molar-refractivity contribution in [3.63, 3.8) is 0 Å². The highest BCUT2D eigenvalue weighted by atomic mass is 35.5. The van der Waals surface area contributed by atoms with Crippen LogP contribution in [0.1, 0.15) is 52.4 Å². The summed E-state index contributed by atoms with van der Waals surface area (Å²) < 4.78 is 5.93. The van der Waals surface area contributed by atoms with Crippen molar-refractivity contribution in [1.29, 1.82) is 0 Å². The van der Waals surface area contributed by atoms with E-state index in [0.717, 1.165) is 32.4 Å². The Balaban J connectivity index is 0.00000113. The van der Waals surface area contributed by atoms with E-state index in [-0.39, 0.29) is 54.2 Å². The van der Waals surface area contributed by atoms with Gasteiger partial charge in [0, 0.05) is 36.6 Å². The van der Waals surface area contributed by atoms with Gasteiger partial charge in [-0.3, -0.25) is 9.69 Å². The number of carbonyl (C=O) groups excluding carboxylic acids is 1. The Bertz CT molecular complexity index is 505. The van der Waals surface area contributed by atoms with Crippen LogP contribution in [0.2, 0.25) is 0 Å². The smallest absolute Gasteiger partial charge is 0.241 e. The molecule has 1 saturated carbocycles. The predicted octanol–water partition coefficient (Wildman–Crippen LogP) is 2.11. The van der Waals surface area contributed by atoms with Crippen LogP contribution >= 0.6 is 24.8 Å². The van der Waals surface area contributed by atoms with Crippen molar-refractivity contribution in [2.24, 2.45) is 17.1 Å². The van der Waals surface area contributed by atoms with Gasteiger partial charge < -0.3 is 15.8 Å². The molecule has 5 unspecified atom stereocenters. The van der Waals surface area contributed by atoms with Crippen molar-refractivity contribution < 1.29 is 9.53 Å². The quantitative estimate of drug-likeness (QED) is 0.753. The Hall–Kier alpha value is -0.0700. The van der Waals surface area contributed by atoms with E-state index in [9.17, 15) is 4.79 Å². The molecule has 5 nitrogen and oxygen atoms in total. The van der Waals surface area contributed by atoms with E-state index in [1.54, 1.807) is 0 Å². The zero-order chi connectivity index (χ0) is 16.2. The van der Waals surface area contributed by atoms with Crippen molar-refractivity contribution in [3.8, 4) is 0 Å². The summed E-state index contributed by atoms with van der Waals surface area (Å²) in [6.45, 7) is 7.31. The van der Waals surface area contributed by atoms with Gasteiger partial charge in [0.15, 0.2) is 0 Å². The number of rotatable bonds is 2. The summed E-state index contributed by atoms with van der Waals surface area (Å²) in [6, 6.07) is 0.806. The van der Waals surface area contributed by atoms with Gasteiger partial charge in [0.05, 0.1) is 6.10 Å². The number of amides is 1. The minimum atomic E-state index is -0.778. The highest BCUT2D eigenvalue weighted by Gasteiger charge is 2.70. The van der Waals surface area contributed by atoms with Crippen LogP contribution in [-0.4, -0.2) is 54.2 Å². The van der Waals surface area contributed by atoms with Crippen LogP contribution in [0.25, 0.3) is 0 Å². The van der Waals surface area contributed by atoms with Gasteiger partial charge in [0.1, 0.15) is 5.54 Å².